The average Bonchev–Trinajstić information content (AvgIpc) is 2.60. The Balaban J connectivity index is 1.95. The number of anilines is 2. The molecular weight excluding hydrogens is 314 g/mol. The number of hydrogen-bond acceptors (Lipinski definition) is 4. The van der Waals surface area contributed by atoms with Crippen molar-refractivity contribution in [3.63, 3.8) is 0 Å². The SMILES string of the molecule is CCCCCNC(=O)c1cncc(Nc2ccc(OC(C)C)cc2)c1. The van der Waals surface area contributed by atoms with Gasteiger partial charge >= 0.3 is 0 Å². The van der Waals surface area contributed by atoms with Gasteiger partial charge in [0.05, 0.1) is 23.6 Å². The second-order valence-electron chi connectivity index (χ2n) is 6.24. The van der Waals surface area contributed by atoms with Crippen molar-refractivity contribution in [2.45, 2.75) is 46.1 Å². The van der Waals surface area contributed by atoms with Crippen molar-refractivity contribution in [3.05, 3.63) is 48.3 Å². The minimum Gasteiger partial charge on any atom is -0.491 e. The smallest absolute Gasteiger partial charge is 0.252 e. The topological polar surface area (TPSA) is 63.2 Å². The summed E-state index contributed by atoms with van der Waals surface area (Å²) in [4.78, 5) is 16.3. The van der Waals surface area contributed by atoms with E-state index in [4.69, 9.17) is 4.74 Å². The van der Waals surface area contributed by atoms with Gasteiger partial charge in [0.25, 0.3) is 5.91 Å². The molecule has 1 aromatic carbocycles. The van der Waals surface area contributed by atoms with Crippen LogP contribution >= 0.6 is 0 Å². The molecule has 5 heteroatoms. The Morgan fingerprint density at radius 1 is 1.12 bits per heavy atom. The quantitative estimate of drug-likeness (QED) is 0.658. The summed E-state index contributed by atoms with van der Waals surface area (Å²) in [6.07, 6.45) is 6.69. The van der Waals surface area contributed by atoms with Gasteiger partial charge in [0.15, 0.2) is 0 Å². The van der Waals surface area contributed by atoms with Crippen LogP contribution in [0.5, 0.6) is 5.75 Å². The second kappa shape index (κ2) is 9.67. The molecular formula is C20H27N3O2. The molecule has 1 amide bonds. The molecule has 25 heavy (non-hydrogen) atoms. The first-order valence-corrected chi connectivity index (χ1v) is 8.85. The zero-order chi connectivity index (χ0) is 18.1. The maximum Gasteiger partial charge on any atom is 0.252 e. The Morgan fingerprint density at radius 2 is 1.88 bits per heavy atom. The molecule has 0 unspecified atom stereocenters. The van der Waals surface area contributed by atoms with Crippen molar-refractivity contribution in [3.8, 4) is 5.75 Å². The molecule has 0 spiro atoms. The van der Waals surface area contributed by atoms with Crippen LogP contribution in [0.4, 0.5) is 11.4 Å². The van der Waals surface area contributed by atoms with E-state index >= 15 is 0 Å². The maximum absolute atomic E-state index is 12.2. The van der Waals surface area contributed by atoms with Crippen LogP contribution in [0, 0.1) is 0 Å². The molecule has 2 rings (SSSR count). The van der Waals surface area contributed by atoms with E-state index in [1.54, 1.807) is 18.5 Å². The highest BCUT2D eigenvalue weighted by Crippen LogP contribution is 2.21. The normalized spacial score (nSPS) is 10.6. The number of unbranched alkanes of at least 4 members (excludes halogenated alkanes) is 2. The summed E-state index contributed by atoms with van der Waals surface area (Å²) in [5.41, 5.74) is 2.25. The van der Waals surface area contributed by atoms with Crippen LogP contribution in [0.1, 0.15) is 50.4 Å². The van der Waals surface area contributed by atoms with Crippen LogP contribution in [0.3, 0.4) is 0 Å². The summed E-state index contributed by atoms with van der Waals surface area (Å²) in [6, 6.07) is 9.52. The van der Waals surface area contributed by atoms with Gasteiger partial charge in [0.2, 0.25) is 0 Å². The fourth-order valence-corrected chi connectivity index (χ4v) is 2.37. The number of aromatic nitrogens is 1. The maximum atomic E-state index is 12.2. The van der Waals surface area contributed by atoms with Gasteiger partial charge in [-0.15, -0.1) is 0 Å². The molecule has 0 aliphatic rings. The van der Waals surface area contributed by atoms with Gasteiger partial charge in [-0.3, -0.25) is 9.78 Å². The summed E-state index contributed by atoms with van der Waals surface area (Å²) in [6.45, 7) is 6.83. The molecule has 134 valence electrons. The third-order valence-corrected chi connectivity index (χ3v) is 3.58. The molecule has 0 radical (unpaired) electrons. The lowest BCUT2D eigenvalue weighted by molar-refractivity contribution is 0.0952. The molecule has 0 fully saturated rings. The average molecular weight is 341 g/mol. The number of amides is 1. The van der Waals surface area contributed by atoms with Gasteiger partial charge in [-0.1, -0.05) is 19.8 Å². The molecule has 0 atom stereocenters. The van der Waals surface area contributed by atoms with Crippen molar-refractivity contribution in [2.75, 3.05) is 11.9 Å². The Bertz CT molecular complexity index is 669. The monoisotopic (exact) mass is 341 g/mol. The number of ether oxygens (including phenoxy) is 1. The minimum atomic E-state index is -0.0899. The van der Waals surface area contributed by atoms with Crippen molar-refractivity contribution in [1.82, 2.24) is 10.3 Å². The third-order valence-electron chi connectivity index (χ3n) is 3.58. The molecule has 2 aromatic rings. The van der Waals surface area contributed by atoms with Gasteiger partial charge in [0.1, 0.15) is 5.75 Å². The molecule has 0 saturated heterocycles. The molecule has 0 aliphatic carbocycles. The van der Waals surface area contributed by atoms with E-state index in [9.17, 15) is 4.79 Å². The molecule has 2 N–H and O–H groups in total. The number of pyridine rings is 1. The van der Waals surface area contributed by atoms with Gasteiger partial charge in [-0.2, -0.15) is 0 Å². The largest absolute Gasteiger partial charge is 0.491 e. The number of benzene rings is 1. The zero-order valence-electron chi connectivity index (χ0n) is 15.2. The van der Waals surface area contributed by atoms with Crippen molar-refractivity contribution in [1.29, 1.82) is 0 Å². The predicted octanol–water partition coefficient (Wildman–Crippen LogP) is 4.53. The van der Waals surface area contributed by atoms with E-state index in [-0.39, 0.29) is 12.0 Å². The zero-order valence-corrected chi connectivity index (χ0v) is 15.2. The van der Waals surface area contributed by atoms with E-state index in [2.05, 4.69) is 22.5 Å². The highest BCUT2D eigenvalue weighted by atomic mass is 16.5. The number of carbonyl (C=O) groups is 1. The Labute approximate surface area is 149 Å². The van der Waals surface area contributed by atoms with Crippen LogP contribution in [0.2, 0.25) is 0 Å². The number of nitrogens with one attached hydrogen (secondary N) is 2. The molecule has 0 bridgehead atoms. The fraction of sp³-hybridized carbons (Fsp3) is 0.400. The fourth-order valence-electron chi connectivity index (χ4n) is 2.37. The summed E-state index contributed by atoms with van der Waals surface area (Å²) in [5, 5.41) is 6.19. The number of hydrogen-bond donors (Lipinski definition) is 2. The molecule has 0 saturated carbocycles. The second-order valence-corrected chi connectivity index (χ2v) is 6.24. The van der Waals surface area contributed by atoms with Crippen LogP contribution in [-0.2, 0) is 0 Å². The first-order chi connectivity index (χ1) is 12.1. The predicted molar refractivity (Wildman–Crippen MR) is 102 cm³/mol. The Morgan fingerprint density at radius 3 is 2.56 bits per heavy atom. The standard InChI is InChI=1S/C20H27N3O2/c1-4-5-6-11-22-20(24)16-12-18(14-21-13-16)23-17-7-9-19(10-8-17)25-15(2)3/h7-10,12-15,23H,4-6,11H2,1-3H3,(H,22,24). The first-order valence-electron chi connectivity index (χ1n) is 8.85. The third kappa shape index (κ3) is 6.45. The van der Waals surface area contributed by atoms with E-state index in [1.165, 1.54) is 0 Å². The number of carbonyl (C=O) groups excluding carboxylic acids is 1. The first kappa shape index (κ1) is 18.8. The van der Waals surface area contributed by atoms with Gasteiger partial charge in [-0.25, -0.2) is 0 Å². The van der Waals surface area contributed by atoms with Gasteiger partial charge in [-0.05, 0) is 50.6 Å². The van der Waals surface area contributed by atoms with Crippen molar-refractivity contribution in [2.24, 2.45) is 0 Å². The number of nitrogens with zero attached hydrogens (tertiary/aromatic N) is 1. The summed E-state index contributed by atoms with van der Waals surface area (Å²) >= 11 is 0. The lowest BCUT2D eigenvalue weighted by Gasteiger charge is -2.11. The molecule has 1 aromatic heterocycles. The van der Waals surface area contributed by atoms with Crippen molar-refractivity contribution >= 4 is 17.3 Å². The van der Waals surface area contributed by atoms with Gasteiger partial charge in [0, 0.05) is 18.4 Å². The van der Waals surface area contributed by atoms with Crippen molar-refractivity contribution < 1.29 is 9.53 Å². The summed E-state index contributed by atoms with van der Waals surface area (Å²) < 4.78 is 5.63. The highest BCUT2D eigenvalue weighted by molar-refractivity contribution is 5.94. The lowest BCUT2D eigenvalue weighted by Crippen LogP contribution is -2.24. The molecule has 0 aliphatic heterocycles. The van der Waals surface area contributed by atoms with E-state index in [1.807, 2.05) is 38.1 Å². The van der Waals surface area contributed by atoms with E-state index in [0.717, 1.165) is 36.4 Å². The highest BCUT2D eigenvalue weighted by Gasteiger charge is 2.07. The summed E-state index contributed by atoms with van der Waals surface area (Å²) in [7, 11) is 0. The summed E-state index contributed by atoms with van der Waals surface area (Å²) in [5.74, 6) is 0.742. The Kier molecular flexibility index (Phi) is 7.26. The lowest BCUT2D eigenvalue weighted by atomic mass is 10.2. The number of rotatable bonds is 9. The minimum absolute atomic E-state index is 0.0899. The van der Waals surface area contributed by atoms with Gasteiger partial charge < -0.3 is 15.4 Å². The Hall–Kier alpha value is -2.56. The van der Waals surface area contributed by atoms with Crippen LogP contribution in [0.15, 0.2) is 42.7 Å². The molecule has 1 heterocycles. The molecule has 5 nitrogen and oxygen atoms in total. The van der Waals surface area contributed by atoms with E-state index in [0.29, 0.717) is 12.1 Å². The van der Waals surface area contributed by atoms with Crippen LogP contribution in [-0.4, -0.2) is 23.5 Å². The van der Waals surface area contributed by atoms with Crippen LogP contribution < -0.4 is 15.4 Å². The van der Waals surface area contributed by atoms with Crippen LogP contribution in [0.25, 0.3) is 0 Å². The van der Waals surface area contributed by atoms with E-state index < -0.39 is 0 Å².